The second-order valence-corrected chi connectivity index (χ2v) is 7.64. The Morgan fingerprint density at radius 1 is 1.14 bits per heavy atom. The van der Waals surface area contributed by atoms with Crippen LogP contribution in [-0.4, -0.2) is 28.1 Å². The van der Waals surface area contributed by atoms with Crippen molar-refractivity contribution in [3.05, 3.63) is 76.7 Å². The smallest absolute Gasteiger partial charge is 0.269 e. The van der Waals surface area contributed by atoms with Gasteiger partial charge in [-0.3, -0.25) is 4.79 Å². The van der Waals surface area contributed by atoms with Gasteiger partial charge in [-0.25, -0.2) is 13.8 Å². The molecule has 0 unspecified atom stereocenters. The van der Waals surface area contributed by atoms with Crippen LogP contribution in [-0.2, 0) is 5.41 Å². The van der Waals surface area contributed by atoms with Crippen LogP contribution in [0.4, 0.5) is 8.78 Å². The number of nitrogens with one attached hydrogen (secondary N) is 1. The summed E-state index contributed by atoms with van der Waals surface area (Å²) in [6.45, 7) is 0. The summed E-state index contributed by atoms with van der Waals surface area (Å²) in [4.78, 5) is 16.6. The predicted octanol–water partition coefficient (Wildman–Crippen LogP) is 3.74. The average molecular weight is 392 g/mol. The zero-order valence-corrected chi connectivity index (χ0v) is 15.7. The fourth-order valence-electron chi connectivity index (χ4n) is 4.79. The lowest BCUT2D eigenvalue weighted by Crippen LogP contribution is -2.28. The van der Waals surface area contributed by atoms with Gasteiger partial charge in [0.25, 0.3) is 5.91 Å². The zero-order chi connectivity index (χ0) is 20.2. The van der Waals surface area contributed by atoms with Crippen LogP contribution in [0.25, 0.3) is 11.3 Å². The minimum absolute atomic E-state index is 0.153. The van der Waals surface area contributed by atoms with E-state index in [0.717, 1.165) is 36.2 Å². The number of nitrogens with zero attached hydrogens (tertiary/aromatic N) is 3. The first-order chi connectivity index (χ1) is 14.0. The van der Waals surface area contributed by atoms with Crippen molar-refractivity contribution in [1.82, 2.24) is 20.5 Å². The Bertz CT molecular complexity index is 1130. The molecular weight excluding hydrogens is 374 g/mol. The number of pyridine rings is 1. The lowest BCUT2D eigenvalue weighted by Gasteiger charge is -2.27. The van der Waals surface area contributed by atoms with Crippen molar-refractivity contribution < 1.29 is 13.6 Å². The lowest BCUT2D eigenvalue weighted by atomic mass is 9.79. The number of halogens is 2. The summed E-state index contributed by atoms with van der Waals surface area (Å²) >= 11 is 0. The molecule has 2 aliphatic rings. The van der Waals surface area contributed by atoms with Crippen LogP contribution in [0.15, 0.2) is 42.5 Å². The van der Waals surface area contributed by atoms with Gasteiger partial charge in [-0.15, -0.1) is 5.10 Å². The van der Waals surface area contributed by atoms with E-state index in [9.17, 15) is 13.6 Å². The summed E-state index contributed by atoms with van der Waals surface area (Å²) in [6.07, 6.45) is 2.60. The molecule has 2 atom stereocenters. The Labute approximate surface area is 166 Å². The maximum Gasteiger partial charge on any atom is 0.269 e. The van der Waals surface area contributed by atoms with Crippen LogP contribution in [0, 0.1) is 11.6 Å². The molecule has 2 aliphatic carbocycles. The SMILES string of the molecule is CNC(=O)c1cccc([C@]23CC[C@H](C2)c2cc(-c4c(F)cccc4F)nnc23)n1. The summed E-state index contributed by atoms with van der Waals surface area (Å²) in [5.74, 6) is -1.32. The summed E-state index contributed by atoms with van der Waals surface area (Å²) in [5.41, 5.74) is 2.55. The van der Waals surface area contributed by atoms with Crippen LogP contribution >= 0.6 is 0 Å². The maximum absolute atomic E-state index is 14.2. The highest BCUT2D eigenvalue weighted by atomic mass is 19.1. The topological polar surface area (TPSA) is 67.8 Å². The number of carbonyl (C=O) groups is 1. The van der Waals surface area contributed by atoms with Crippen molar-refractivity contribution in [2.45, 2.75) is 30.6 Å². The van der Waals surface area contributed by atoms with Gasteiger partial charge in [-0.05, 0) is 61.1 Å². The van der Waals surface area contributed by atoms with Crippen LogP contribution in [0.5, 0.6) is 0 Å². The second kappa shape index (κ2) is 6.40. The number of aromatic nitrogens is 3. The standard InChI is InChI=1S/C22H18F2N4O/c1-25-21(29)16-6-3-7-18(26-16)22-9-8-12(11-22)13-10-17(27-28-20(13)22)19-14(23)4-2-5-15(19)24/h2-7,10,12H,8-9,11H2,1H3,(H,25,29)/t12-,22+/m1/s1. The molecule has 1 fully saturated rings. The van der Waals surface area contributed by atoms with Gasteiger partial charge in [-0.1, -0.05) is 12.1 Å². The first kappa shape index (κ1) is 17.8. The summed E-state index contributed by atoms with van der Waals surface area (Å²) < 4.78 is 28.4. The zero-order valence-electron chi connectivity index (χ0n) is 15.7. The fraction of sp³-hybridized carbons (Fsp3) is 0.273. The Kier molecular flexibility index (Phi) is 3.94. The normalized spacial score (nSPS) is 21.8. The van der Waals surface area contributed by atoms with E-state index in [4.69, 9.17) is 0 Å². The van der Waals surface area contributed by atoms with Crippen molar-refractivity contribution in [3.8, 4) is 11.3 Å². The molecule has 3 aromatic rings. The third-order valence-corrected chi connectivity index (χ3v) is 6.15. The Morgan fingerprint density at radius 2 is 1.90 bits per heavy atom. The summed E-state index contributed by atoms with van der Waals surface area (Å²) in [5, 5.41) is 11.2. The molecule has 7 heteroatoms. The highest BCUT2D eigenvalue weighted by Gasteiger charge is 2.53. The second-order valence-electron chi connectivity index (χ2n) is 7.64. The van der Waals surface area contributed by atoms with Gasteiger partial charge in [0.2, 0.25) is 0 Å². The van der Waals surface area contributed by atoms with Gasteiger partial charge in [0.1, 0.15) is 17.3 Å². The van der Waals surface area contributed by atoms with E-state index < -0.39 is 17.0 Å². The molecule has 146 valence electrons. The number of fused-ring (bicyclic) bond motifs is 5. The minimum atomic E-state index is -0.655. The summed E-state index contributed by atoms with van der Waals surface area (Å²) in [6, 6.07) is 10.9. The molecule has 0 aliphatic heterocycles. The van der Waals surface area contributed by atoms with Crippen LogP contribution in [0.3, 0.4) is 0 Å². The molecule has 1 aromatic carbocycles. The number of rotatable bonds is 3. The quantitative estimate of drug-likeness (QED) is 0.737. The predicted molar refractivity (Wildman–Crippen MR) is 102 cm³/mol. The van der Waals surface area contributed by atoms with Crippen molar-refractivity contribution in [2.75, 3.05) is 7.05 Å². The van der Waals surface area contributed by atoms with Gasteiger partial charge >= 0.3 is 0 Å². The summed E-state index contributed by atoms with van der Waals surface area (Å²) in [7, 11) is 1.57. The molecule has 5 nitrogen and oxygen atoms in total. The average Bonchev–Trinajstić information content (AvgIpc) is 3.32. The molecule has 1 saturated carbocycles. The number of hydrogen-bond donors (Lipinski definition) is 1. The number of benzene rings is 1. The number of carbonyl (C=O) groups excluding carboxylic acids is 1. The first-order valence-corrected chi connectivity index (χ1v) is 9.55. The Hall–Kier alpha value is -3.22. The number of amides is 1. The third-order valence-electron chi connectivity index (χ3n) is 6.15. The molecular formula is C22H18F2N4O. The van der Waals surface area contributed by atoms with Crippen LogP contribution in [0.2, 0.25) is 0 Å². The van der Waals surface area contributed by atoms with Crippen molar-refractivity contribution >= 4 is 5.91 Å². The Morgan fingerprint density at radius 3 is 2.66 bits per heavy atom. The monoisotopic (exact) mass is 392 g/mol. The highest BCUT2D eigenvalue weighted by Crippen LogP contribution is 2.59. The van der Waals surface area contributed by atoms with E-state index >= 15 is 0 Å². The van der Waals surface area contributed by atoms with Gasteiger partial charge in [0.05, 0.1) is 28.1 Å². The largest absolute Gasteiger partial charge is 0.354 e. The minimum Gasteiger partial charge on any atom is -0.354 e. The third kappa shape index (κ3) is 2.57. The van der Waals surface area contributed by atoms with Crippen LogP contribution in [0.1, 0.15) is 52.6 Å². The highest BCUT2D eigenvalue weighted by molar-refractivity contribution is 5.92. The van der Waals surface area contributed by atoms with Gasteiger partial charge in [0, 0.05) is 7.05 Å². The van der Waals surface area contributed by atoms with E-state index in [2.05, 4.69) is 20.5 Å². The van der Waals surface area contributed by atoms with Gasteiger partial charge < -0.3 is 5.32 Å². The fourth-order valence-corrected chi connectivity index (χ4v) is 4.79. The molecule has 2 bridgehead atoms. The molecule has 1 N–H and O–H groups in total. The maximum atomic E-state index is 14.2. The van der Waals surface area contributed by atoms with Crippen molar-refractivity contribution in [2.24, 2.45) is 0 Å². The van der Waals surface area contributed by atoms with Gasteiger partial charge in [-0.2, -0.15) is 5.10 Å². The van der Waals surface area contributed by atoms with Crippen molar-refractivity contribution in [1.29, 1.82) is 0 Å². The van der Waals surface area contributed by atoms with Crippen molar-refractivity contribution in [3.63, 3.8) is 0 Å². The number of hydrogen-bond acceptors (Lipinski definition) is 4. The lowest BCUT2D eigenvalue weighted by molar-refractivity contribution is 0.0957. The van der Waals surface area contributed by atoms with Gasteiger partial charge in [0.15, 0.2) is 0 Å². The van der Waals surface area contributed by atoms with E-state index in [0.29, 0.717) is 5.69 Å². The van der Waals surface area contributed by atoms with E-state index in [1.165, 1.54) is 18.2 Å². The molecule has 0 spiro atoms. The molecule has 2 heterocycles. The first-order valence-electron chi connectivity index (χ1n) is 9.55. The van der Waals surface area contributed by atoms with Crippen LogP contribution < -0.4 is 5.32 Å². The molecule has 29 heavy (non-hydrogen) atoms. The van der Waals surface area contributed by atoms with E-state index in [1.807, 2.05) is 12.1 Å². The van der Waals surface area contributed by atoms with E-state index in [1.54, 1.807) is 19.2 Å². The molecule has 0 saturated heterocycles. The molecule has 0 radical (unpaired) electrons. The van der Waals surface area contributed by atoms with E-state index in [-0.39, 0.29) is 23.1 Å². The molecule has 5 rings (SSSR count). The molecule has 2 aromatic heterocycles. The molecule has 1 amide bonds. The Balaban J connectivity index is 1.62.